The number of benzene rings is 2. The number of hydrogen-bond acceptors (Lipinski definition) is 2. The van der Waals surface area contributed by atoms with Gasteiger partial charge in [0.1, 0.15) is 0 Å². The SMILES string of the molecule is NC(Cc1csc2ccccc12)c1cc(F)c(F)c(F)c1. The Labute approximate surface area is 123 Å². The molecule has 0 aliphatic rings. The van der Waals surface area contributed by atoms with Crippen LogP contribution in [0.2, 0.25) is 0 Å². The van der Waals surface area contributed by atoms with E-state index in [2.05, 4.69) is 0 Å². The Morgan fingerprint density at radius 3 is 2.43 bits per heavy atom. The van der Waals surface area contributed by atoms with E-state index in [1.165, 1.54) is 0 Å². The molecule has 1 heterocycles. The van der Waals surface area contributed by atoms with E-state index in [9.17, 15) is 13.2 Å². The lowest BCUT2D eigenvalue weighted by molar-refractivity contribution is 0.443. The van der Waals surface area contributed by atoms with E-state index in [1.807, 2.05) is 29.6 Å². The number of thiophene rings is 1. The minimum atomic E-state index is -1.47. The van der Waals surface area contributed by atoms with Gasteiger partial charge in [-0.3, -0.25) is 0 Å². The Kier molecular flexibility index (Phi) is 3.69. The van der Waals surface area contributed by atoms with Gasteiger partial charge in [-0.05, 0) is 46.5 Å². The third kappa shape index (κ3) is 2.66. The lowest BCUT2D eigenvalue weighted by Gasteiger charge is -2.12. The zero-order valence-electron chi connectivity index (χ0n) is 10.9. The van der Waals surface area contributed by atoms with Gasteiger partial charge in [-0.15, -0.1) is 11.3 Å². The molecule has 1 aromatic heterocycles. The van der Waals surface area contributed by atoms with Crippen LogP contribution in [0, 0.1) is 17.5 Å². The largest absolute Gasteiger partial charge is 0.324 e. The Morgan fingerprint density at radius 1 is 1.05 bits per heavy atom. The molecule has 0 spiro atoms. The molecule has 3 rings (SSSR count). The predicted octanol–water partition coefficient (Wildman–Crippen LogP) is 4.56. The monoisotopic (exact) mass is 307 g/mol. The van der Waals surface area contributed by atoms with Gasteiger partial charge < -0.3 is 5.73 Å². The van der Waals surface area contributed by atoms with Gasteiger partial charge in [0.2, 0.25) is 0 Å². The third-order valence-electron chi connectivity index (χ3n) is 3.44. The molecule has 0 fully saturated rings. The topological polar surface area (TPSA) is 26.0 Å². The van der Waals surface area contributed by atoms with E-state index in [-0.39, 0.29) is 5.56 Å². The second-order valence-corrected chi connectivity index (χ2v) is 5.78. The highest BCUT2D eigenvalue weighted by molar-refractivity contribution is 7.17. The van der Waals surface area contributed by atoms with E-state index in [1.54, 1.807) is 11.3 Å². The standard InChI is InChI=1S/C16H12F3NS/c17-12-5-9(6-13(18)16(12)19)14(20)7-10-8-21-15-4-2-1-3-11(10)15/h1-6,8,14H,7,20H2. The maximum Gasteiger partial charge on any atom is 0.194 e. The van der Waals surface area contributed by atoms with Crippen LogP contribution in [-0.2, 0) is 6.42 Å². The number of rotatable bonds is 3. The number of hydrogen-bond donors (Lipinski definition) is 1. The van der Waals surface area contributed by atoms with Gasteiger partial charge in [-0.25, -0.2) is 13.2 Å². The molecule has 0 aliphatic carbocycles. The van der Waals surface area contributed by atoms with Crippen LogP contribution in [0.1, 0.15) is 17.2 Å². The molecule has 0 aliphatic heterocycles. The van der Waals surface area contributed by atoms with Gasteiger partial charge in [0, 0.05) is 10.7 Å². The molecular weight excluding hydrogens is 295 g/mol. The Balaban J connectivity index is 1.91. The van der Waals surface area contributed by atoms with Crippen LogP contribution in [0.3, 0.4) is 0 Å². The molecule has 2 aromatic carbocycles. The minimum Gasteiger partial charge on any atom is -0.324 e. The summed E-state index contributed by atoms with van der Waals surface area (Å²) in [6, 6.07) is 9.20. The molecule has 5 heteroatoms. The molecule has 2 N–H and O–H groups in total. The third-order valence-corrected chi connectivity index (χ3v) is 4.45. The molecular formula is C16H12F3NS. The quantitative estimate of drug-likeness (QED) is 0.705. The Bertz CT molecular complexity index is 774. The normalized spacial score (nSPS) is 12.8. The van der Waals surface area contributed by atoms with E-state index in [4.69, 9.17) is 5.73 Å². The van der Waals surface area contributed by atoms with Crippen molar-refractivity contribution in [2.24, 2.45) is 5.73 Å². The van der Waals surface area contributed by atoms with Crippen molar-refractivity contribution in [3.63, 3.8) is 0 Å². The van der Waals surface area contributed by atoms with Crippen molar-refractivity contribution in [1.82, 2.24) is 0 Å². The average molecular weight is 307 g/mol. The van der Waals surface area contributed by atoms with Crippen molar-refractivity contribution in [3.05, 3.63) is 70.4 Å². The number of fused-ring (bicyclic) bond motifs is 1. The van der Waals surface area contributed by atoms with Crippen molar-refractivity contribution in [1.29, 1.82) is 0 Å². The average Bonchev–Trinajstić information content (AvgIpc) is 2.87. The molecule has 21 heavy (non-hydrogen) atoms. The van der Waals surface area contributed by atoms with E-state index in [0.717, 1.165) is 27.8 Å². The second kappa shape index (κ2) is 5.50. The molecule has 0 saturated carbocycles. The number of halogens is 3. The molecule has 3 aromatic rings. The van der Waals surface area contributed by atoms with Gasteiger partial charge in [0.25, 0.3) is 0 Å². The molecule has 0 radical (unpaired) electrons. The number of nitrogens with two attached hydrogens (primary N) is 1. The highest BCUT2D eigenvalue weighted by Gasteiger charge is 2.16. The maximum absolute atomic E-state index is 13.3. The van der Waals surface area contributed by atoms with E-state index >= 15 is 0 Å². The predicted molar refractivity (Wildman–Crippen MR) is 78.8 cm³/mol. The van der Waals surface area contributed by atoms with Crippen molar-refractivity contribution in [3.8, 4) is 0 Å². The van der Waals surface area contributed by atoms with Crippen LogP contribution in [0.15, 0.2) is 41.8 Å². The van der Waals surface area contributed by atoms with Gasteiger partial charge in [0.15, 0.2) is 17.5 Å². The Morgan fingerprint density at radius 2 is 1.71 bits per heavy atom. The molecule has 108 valence electrons. The van der Waals surface area contributed by atoms with Crippen molar-refractivity contribution < 1.29 is 13.2 Å². The summed E-state index contributed by atoms with van der Waals surface area (Å²) in [7, 11) is 0. The second-order valence-electron chi connectivity index (χ2n) is 4.87. The molecule has 1 atom stereocenters. The van der Waals surface area contributed by atoms with Crippen LogP contribution in [-0.4, -0.2) is 0 Å². The smallest absolute Gasteiger partial charge is 0.194 e. The first-order chi connectivity index (χ1) is 10.1. The van der Waals surface area contributed by atoms with Gasteiger partial charge in [-0.1, -0.05) is 18.2 Å². The van der Waals surface area contributed by atoms with Crippen molar-refractivity contribution >= 4 is 21.4 Å². The van der Waals surface area contributed by atoms with Crippen molar-refractivity contribution in [2.75, 3.05) is 0 Å². The molecule has 1 nitrogen and oxygen atoms in total. The van der Waals surface area contributed by atoms with Gasteiger partial charge in [0.05, 0.1) is 0 Å². The lowest BCUT2D eigenvalue weighted by Crippen LogP contribution is -2.14. The van der Waals surface area contributed by atoms with Crippen molar-refractivity contribution in [2.45, 2.75) is 12.5 Å². The van der Waals surface area contributed by atoms with E-state index < -0.39 is 23.5 Å². The fourth-order valence-corrected chi connectivity index (χ4v) is 3.31. The van der Waals surface area contributed by atoms with Crippen LogP contribution in [0.5, 0.6) is 0 Å². The van der Waals surface area contributed by atoms with Crippen LogP contribution >= 0.6 is 11.3 Å². The summed E-state index contributed by atoms with van der Waals surface area (Å²) in [5, 5.41) is 3.07. The van der Waals surface area contributed by atoms with E-state index in [0.29, 0.717) is 6.42 Å². The van der Waals surface area contributed by atoms with Crippen LogP contribution in [0.25, 0.3) is 10.1 Å². The summed E-state index contributed by atoms with van der Waals surface area (Å²) in [4.78, 5) is 0. The Hall–Kier alpha value is -1.85. The summed E-state index contributed by atoms with van der Waals surface area (Å²) in [6.07, 6.45) is 0.439. The zero-order valence-corrected chi connectivity index (χ0v) is 11.8. The molecule has 0 saturated heterocycles. The first kappa shape index (κ1) is 14.1. The van der Waals surface area contributed by atoms with Crippen LogP contribution < -0.4 is 5.73 Å². The first-order valence-electron chi connectivity index (χ1n) is 6.41. The summed E-state index contributed by atoms with van der Waals surface area (Å²) >= 11 is 1.60. The molecule has 0 amide bonds. The lowest BCUT2D eigenvalue weighted by atomic mass is 9.99. The summed E-state index contributed by atoms with van der Waals surface area (Å²) in [5.41, 5.74) is 7.29. The fourth-order valence-electron chi connectivity index (χ4n) is 2.33. The van der Waals surface area contributed by atoms with Gasteiger partial charge in [-0.2, -0.15) is 0 Å². The molecule has 0 bridgehead atoms. The highest BCUT2D eigenvalue weighted by atomic mass is 32.1. The first-order valence-corrected chi connectivity index (χ1v) is 7.29. The zero-order chi connectivity index (χ0) is 15.0. The summed E-state index contributed by atoms with van der Waals surface area (Å²) in [5.74, 6) is -3.89. The minimum absolute atomic E-state index is 0.252. The maximum atomic E-state index is 13.3. The summed E-state index contributed by atoms with van der Waals surface area (Å²) in [6.45, 7) is 0. The fraction of sp³-hybridized carbons (Fsp3) is 0.125. The van der Waals surface area contributed by atoms with Crippen LogP contribution in [0.4, 0.5) is 13.2 Å². The summed E-state index contributed by atoms with van der Waals surface area (Å²) < 4.78 is 40.6. The molecule has 1 unspecified atom stereocenters. The van der Waals surface area contributed by atoms with Gasteiger partial charge >= 0.3 is 0 Å². The highest BCUT2D eigenvalue weighted by Crippen LogP contribution is 2.29.